The molecule has 2 nitrogen and oxygen atoms in total. The Morgan fingerprint density at radius 1 is 1.27 bits per heavy atom. The highest BCUT2D eigenvalue weighted by molar-refractivity contribution is 7.19. The summed E-state index contributed by atoms with van der Waals surface area (Å²) in [5.41, 5.74) is 0. The van der Waals surface area contributed by atoms with Crippen molar-refractivity contribution in [2.24, 2.45) is 0 Å². The maximum atomic E-state index is 5.65. The number of hydrogen-bond donors (Lipinski definition) is 0. The van der Waals surface area contributed by atoms with Crippen molar-refractivity contribution >= 4 is 34.3 Å². The Bertz CT molecular complexity index is 341. The average Bonchev–Trinajstić information content (AvgIpc) is 2.55. The van der Waals surface area contributed by atoms with E-state index in [1.165, 1.54) is 11.3 Å². The van der Waals surface area contributed by atoms with E-state index in [4.69, 9.17) is 11.6 Å². The van der Waals surface area contributed by atoms with E-state index in [9.17, 15) is 0 Å². The zero-order valence-corrected chi connectivity index (χ0v) is 7.71. The van der Waals surface area contributed by atoms with Gasteiger partial charge >= 0.3 is 0 Å². The van der Waals surface area contributed by atoms with Crippen molar-refractivity contribution in [3.05, 3.63) is 22.1 Å². The van der Waals surface area contributed by atoms with Crippen LogP contribution in [0.3, 0.4) is 0 Å². The van der Waals surface area contributed by atoms with Gasteiger partial charge < -0.3 is 0 Å². The van der Waals surface area contributed by atoms with E-state index in [-0.39, 0.29) is 0 Å². The first-order valence-corrected chi connectivity index (χ1v) is 5.01. The molecule has 11 heavy (non-hydrogen) atoms. The van der Waals surface area contributed by atoms with E-state index in [1.807, 2.05) is 5.38 Å². The van der Waals surface area contributed by atoms with Crippen molar-refractivity contribution in [1.29, 1.82) is 0 Å². The third kappa shape index (κ3) is 1.42. The molecular weight excluding hydrogens is 200 g/mol. The van der Waals surface area contributed by atoms with Crippen LogP contribution in [0, 0.1) is 0 Å². The summed E-state index contributed by atoms with van der Waals surface area (Å²) in [6.07, 6.45) is 1.76. The Morgan fingerprint density at radius 2 is 2.18 bits per heavy atom. The van der Waals surface area contributed by atoms with Crippen molar-refractivity contribution in [3.8, 4) is 10.0 Å². The standard InChI is InChI=1S/C6H3ClN2S2/c7-4-3-11-6(9-4)5-8-1-2-10-5/h1-3H. The largest absolute Gasteiger partial charge is 0.242 e. The molecule has 2 aromatic heterocycles. The van der Waals surface area contributed by atoms with Gasteiger partial charge in [-0.3, -0.25) is 0 Å². The van der Waals surface area contributed by atoms with Crippen LogP contribution in [0.2, 0.25) is 5.15 Å². The first-order chi connectivity index (χ1) is 5.36. The van der Waals surface area contributed by atoms with Crippen LogP contribution >= 0.6 is 34.3 Å². The molecule has 2 heterocycles. The fourth-order valence-corrected chi connectivity index (χ4v) is 2.32. The molecule has 0 radical (unpaired) electrons. The lowest BCUT2D eigenvalue weighted by molar-refractivity contribution is 1.35. The fraction of sp³-hybridized carbons (Fsp3) is 0. The zero-order chi connectivity index (χ0) is 7.68. The van der Waals surface area contributed by atoms with Crippen molar-refractivity contribution in [2.75, 3.05) is 0 Å². The number of rotatable bonds is 1. The quantitative estimate of drug-likeness (QED) is 0.711. The minimum atomic E-state index is 0.542. The molecule has 2 aromatic rings. The molecule has 0 unspecified atom stereocenters. The van der Waals surface area contributed by atoms with Crippen LogP contribution in [0.4, 0.5) is 0 Å². The van der Waals surface area contributed by atoms with Crippen LogP contribution < -0.4 is 0 Å². The molecule has 0 atom stereocenters. The first kappa shape index (κ1) is 7.21. The predicted octanol–water partition coefficient (Wildman–Crippen LogP) is 2.92. The van der Waals surface area contributed by atoms with Gasteiger partial charge in [-0.2, -0.15) is 0 Å². The predicted molar refractivity (Wildman–Crippen MR) is 48.2 cm³/mol. The molecule has 0 spiro atoms. The average molecular weight is 203 g/mol. The summed E-state index contributed by atoms with van der Waals surface area (Å²) in [7, 11) is 0. The topological polar surface area (TPSA) is 25.8 Å². The van der Waals surface area contributed by atoms with Gasteiger partial charge in [0.2, 0.25) is 0 Å². The fourth-order valence-electron chi connectivity index (χ4n) is 0.681. The summed E-state index contributed by atoms with van der Waals surface area (Å²) in [5, 5.41) is 6.09. The second kappa shape index (κ2) is 2.89. The van der Waals surface area contributed by atoms with Crippen LogP contribution in [-0.2, 0) is 0 Å². The van der Waals surface area contributed by atoms with E-state index >= 15 is 0 Å². The lowest BCUT2D eigenvalue weighted by atomic mass is 10.7. The number of halogens is 1. The summed E-state index contributed by atoms with van der Waals surface area (Å²) in [4.78, 5) is 8.19. The third-order valence-electron chi connectivity index (χ3n) is 1.09. The summed E-state index contributed by atoms with van der Waals surface area (Å²) < 4.78 is 0. The van der Waals surface area contributed by atoms with Gasteiger partial charge in [0.05, 0.1) is 0 Å². The van der Waals surface area contributed by atoms with Gasteiger partial charge in [0.15, 0.2) is 10.0 Å². The minimum Gasteiger partial charge on any atom is -0.242 e. The van der Waals surface area contributed by atoms with E-state index < -0.39 is 0 Å². The van der Waals surface area contributed by atoms with Crippen LogP contribution in [0.15, 0.2) is 17.0 Å². The van der Waals surface area contributed by atoms with E-state index in [0.29, 0.717) is 5.15 Å². The van der Waals surface area contributed by atoms with Crippen molar-refractivity contribution in [3.63, 3.8) is 0 Å². The molecule has 0 fully saturated rings. The van der Waals surface area contributed by atoms with E-state index in [0.717, 1.165) is 10.0 Å². The molecule has 0 aromatic carbocycles. The maximum absolute atomic E-state index is 5.65. The molecule has 0 aliphatic carbocycles. The minimum absolute atomic E-state index is 0.542. The van der Waals surface area contributed by atoms with Crippen LogP contribution in [0.5, 0.6) is 0 Å². The van der Waals surface area contributed by atoms with Gasteiger partial charge in [-0.25, -0.2) is 9.97 Å². The number of hydrogen-bond acceptors (Lipinski definition) is 4. The van der Waals surface area contributed by atoms with Gasteiger partial charge in [-0.05, 0) is 0 Å². The third-order valence-corrected chi connectivity index (χ3v) is 3.17. The number of thiazole rings is 2. The summed E-state index contributed by atoms with van der Waals surface area (Å²) in [6.45, 7) is 0. The summed E-state index contributed by atoms with van der Waals surface area (Å²) in [5.74, 6) is 0. The molecule has 0 aliphatic rings. The van der Waals surface area contributed by atoms with Crippen molar-refractivity contribution in [1.82, 2.24) is 9.97 Å². The molecule has 56 valence electrons. The van der Waals surface area contributed by atoms with E-state index in [1.54, 1.807) is 22.9 Å². The molecule has 0 aliphatic heterocycles. The van der Waals surface area contributed by atoms with Crippen molar-refractivity contribution in [2.45, 2.75) is 0 Å². The molecule has 2 rings (SSSR count). The van der Waals surface area contributed by atoms with Crippen LogP contribution in [0.25, 0.3) is 10.0 Å². The summed E-state index contributed by atoms with van der Waals surface area (Å²) in [6, 6.07) is 0. The second-order valence-electron chi connectivity index (χ2n) is 1.81. The molecule has 0 bridgehead atoms. The normalized spacial score (nSPS) is 10.3. The van der Waals surface area contributed by atoms with Gasteiger partial charge in [0.25, 0.3) is 0 Å². The highest BCUT2D eigenvalue weighted by atomic mass is 35.5. The Kier molecular flexibility index (Phi) is 1.89. The SMILES string of the molecule is Clc1csc(-c2nccs2)n1. The Labute approximate surface area is 76.5 Å². The molecule has 0 amide bonds. The highest BCUT2D eigenvalue weighted by Crippen LogP contribution is 2.26. The van der Waals surface area contributed by atoms with E-state index in [2.05, 4.69) is 9.97 Å². The Hall–Kier alpha value is -0.450. The van der Waals surface area contributed by atoms with Crippen molar-refractivity contribution < 1.29 is 0 Å². The number of aromatic nitrogens is 2. The van der Waals surface area contributed by atoms with Gasteiger partial charge in [0, 0.05) is 17.0 Å². The molecule has 0 N–H and O–H groups in total. The lowest BCUT2D eigenvalue weighted by Crippen LogP contribution is -1.70. The smallest absolute Gasteiger partial charge is 0.153 e. The van der Waals surface area contributed by atoms with Gasteiger partial charge in [-0.1, -0.05) is 11.6 Å². The maximum Gasteiger partial charge on any atom is 0.153 e. The molecule has 5 heteroatoms. The first-order valence-electron chi connectivity index (χ1n) is 2.87. The van der Waals surface area contributed by atoms with Crippen LogP contribution in [0.1, 0.15) is 0 Å². The Balaban J connectivity index is 2.45. The lowest BCUT2D eigenvalue weighted by Gasteiger charge is -1.82. The second-order valence-corrected chi connectivity index (χ2v) is 3.95. The van der Waals surface area contributed by atoms with Gasteiger partial charge in [-0.15, -0.1) is 22.7 Å². The molecule has 0 saturated heterocycles. The summed E-state index contributed by atoms with van der Waals surface area (Å²) >= 11 is 8.73. The Morgan fingerprint density at radius 3 is 2.73 bits per heavy atom. The number of nitrogens with zero attached hydrogens (tertiary/aromatic N) is 2. The monoisotopic (exact) mass is 202 g/mol. The molecule has 0 saturated carbocycles. The van der Waals surface area contributed by atoms with Gasteiger partial charge in [0.1, 0.15) is 5.15 Å². The highest BCUT2D eigenvalue weighted by Gasteiger charge is 2.04. The molecular formula is C6H3ClN2S2. The van der Waals surface area contributed by atoms with Crippen LogP contribution in [-0.4, -0.2) is 9.97 Å². The zero-order valence-electron chi connectivity index (χ0n) is 5.32.